The van der Waals surface area contributed by atoms with Crippen molar-refractivity contribution in [2.45, 2.75) is 0 Å². The number of rotatable bonds is 0. The first-order valence-electron chi connectivity index (χ1n) is 2.74. The first kappa shape index (κ1) is 8.86. The number of fused-ring (bicyclic) bond motifs is 1. The Hall–Kier alpha value is -0.230. The number of H-pyrrole nitrogens is 2. The van der Waals surface area contributed by atoms with Crippen molar-refractivity contribution in [1.29, 1.82) is 0 Å². The predicted octanol–water partition coefficient (Wildman–Crippen LogP) is -1.87. The zero-order valence-electron chi connectivity index (χ0n) is 6.96. The zero-order chi connectivity index (χ0) is 6.97. The van der Waals surface area contributed by atoms with Gasteiger partial charge < -0.3 is 11.4 Å². The molecule has 0 atom stereocenters. The fraction of sp³-hybridized carbons (Fsp3) is 0. The first-order valence-corrected chi connectivity index (χ1v) is 3.15. The Morgan fingerprint density at radius 3 is 3.00 bits per heavy atom. The molecule has 0 saturated carbocycles. The smallest absolute Gasteiger partial charge is 1.00 e. The summed E-state index contributed by atoms with van der Waals surface area (Å²) >= 11 is 4.83. The van der Waals surface area contributed by atoms with E-state index in [0.717, 1.165) is 11.2 Å². The molecule has 0 aliphatic carbocycles. The molecule has 2 aromatic rings. The van der Waals surface area contributed by atoms with E-state index in [1.165, 1.54) is 6.33 Å². The SMILES string of the molecule is S=c1[nH]c2cncnc2[nH]1.[H-].[Na+]. The van der Waals surface area contributed by atoms with Gasteiger partial charge in [0.1, 0.15) is 11.8 Å². The van der Waals surface area contributed by atoms with Crippen LogP contribution in [-0.4, -0.2) is 19.9 Å². The molecule has 0 aromatic carbocycles. The van der Waals surface area contributed by atoms with Crippen LogP contribution in [0, 0.1) is 4.77 Å². The maximum absolute atomic E-state index is 4.83. The van der Waals surface area contributed by atoms with E-state index in [0.29, 0.717) is 4.77 Å². The van der Waals surface area contributed by atoms with Gasteiger partial charge in [0.05, 0.1) is 6.20 Å². The Morgan fingerprint density at radius 2 is 2.27 bits per heavy atom. The number of nitrogens with zero attached hydrogens (tertiary/aromatic N) is 2. The van der Waals surface area contributed by atoms with Gasteiger partial charge in [-0.05, 0) is 12.2 Å². The molecule has 0 saturated heterocycles. The van der Waals surface area contributed by atoms with Gasteiger partial charge in [0.2, 0.25) is 0 Å². The van der Waals surface area contributed by atoms with E-state index in [1.807, 2.05) is 0 Å². The third-order valence-corrected chi connectivity index (χ3v) is 1.40. The molecule has 0 aliphatic heterocycles. The largest absolute Gasteiger partial charge is 1.00 e. The Bertz CT molecular complexity index is 375. The van der Waals surface area contributed by atoms with Crippen LogP contribution in [-0.2, 0) is 0 Å². The molecule has 52 valence electrons. The van der Waals surface area contributed by atoms with Crippen LogP contribution in [0.4, 0.5) is 0 Å². The third-order valence-electron chi connectivity index (χ3n) is 1.19. The van der Waals surface area contributed by atoms with Crippen molar-refractivity contribution in [3.8, 4) is 0 Å². The molecule has 2 N–H and O–H groups in total. The maximum Gasteiger partial charge on any atom is 1.00 e. The van der Waals surface area contributed by atoms with E-state index >= 15 is 0 Å². The average molecular weight is 176 g/mol. The quantitative estimate of drug-likeness (QED) is 0.365. The van der Waals surface area contributed by atoms with Crippen LogP contribution >= 0.6 is 12.2 Å². The van der Waals surface area contributed by atoms with Gasteiger partial charge in [0, 0.05) is 0 Å². The van der Waals surface area contributed by atoms with E-state index in [-0.39, 0.29) is 31.0 Å². The van der Waals surface area contributed by atoms with Crippen LogP contribution < -0.4 is 29.6 Å². The van der Waals surface area contributed by atoms with Crippen LogP contribution in [0.25, 0.3) is 11.2 Å². The van der Waals surface area contributed by atoms with Gasteiger partial charge in [-0.1, -0.05) is 0 Å². The van der Waals surface area contributed by atoms with E-state index in [4.69, 9.17) is 12.2 Å². The molecule has 0 aliphatic rings. The van der Waals surface area contributed by atoms with Crippen molar-refractivity contribution < 1.29 is 31.0 Å². The van der Waals surface area contributed by atoms with Gasteiger partial charge in [0.15, 0.2) is 10.4 Å². The number of aromatic amines is 2. The molecular formula is C5H5N4NaS. The van der Waals surface area contributed by atoms with E-state index in [1.54, 1.807) is 6.20 Å². The molecule has 11 heavy (non-hydrogen) atoms. The summed E-state index contributed by atoms with van der Waals surface area (Å²) in [6.45, 7) is 0. The molecule has 2 heterocycles. The normalized spacial score (nSPS) is 9.45. The van der Waals surface area contributed by atoms with Crippen molar-refractivity contribution in [2.24, 2.45) is 0 Å². The van der Waals surface area contributed by atoms with Crippen LogP contribution in [0.5, 0.6) is 0 Å². The Labute approximate surface area is 91.2 Å². The molecule has 0 unspecified atom stereocenters. The van der Waals surface area contributed by atoms with E-state index < -0.39 is 0 Å². The minimum absolute atomic E-state index is 0. The van der Waals surface area contributed by atoms with Crippen LogP contribution in [0.3, 0.4) is 0 Å². The van der Waals surface area contributed by atoms with Crippen molar-refractivity contribution in [3.63, 3.8) is 0 Å². The third kappa shape index (κ3) is 1.67. The topological polar surface area (TPSA) is 57.4 Å². The number of nitrogens with one attached hydrogen (secondary N) is 2. The van der Waals surface area contributed by atoms with Crippen molar-refractivity contribution in [1.82, 2.24) is 19.9 Å². The van der Waals surface area contributed by atoms with Crippen molar-refractivity contribution in [2.75, 3.05) is 0 Å². The van der Waals surface area contributed by atoms with Crippen LogP contribution in [0.2, 0.25) is 0 Å². The Balaban J connectivity index is 0.000000605. The van der Waals surface area contributed by atoms with Crippen LogP contribution in [0.15, 0.2) is 12.5 Å². The first-order chi connectivity index (χ1) is 4.86. The molecule has 2 aromatic heterocycles. The van der Waals surface area contributed by atoms with E-state index in [2.05, 4.69) is 19.9 Å². The number of hydrogen-bond donors (Lipinski definition) is 2. The fourth-order valence-electron chi connectivity index (χ4n) is 0.782. The second-order valence-corrected chi connectivity index (χ2v) is 2.27. The summed E-state index contributed by atoms with van der Waals surface area (Å²) in [4.78, 5) is 13.5. The van der Waals surface area contributed by atoms with Gasteiger partial charge in [-0.15, -0.1) is 0 Å². The maximum atomic E-state index is 4.83. The minimum atomic E-state index is 0. The van der Waals surface area contributed by atoms with E-state index in [9.17, 15) is 0 Å². The van der Waals surface area contributed by atoms with Gasteiger partial charge >= 0.3 is 29.6 Å². The number of imidazole rings is 1. The predicted molar refractivity (Wildman–Crippen MR) is 40.2 cm³/mol. The second-order valence-electron chi connectivity index (χ2n) is 1.86. The Morgan fingerprint density at radius 1 is 1.45 bits per heavy atom. The summed E-state index contributed by atoms with van der Waals surface area (Å²) in [5.41, 5.74) is 1.59. The molecule has 0 fully saturated rings. The zero-order valence-corrected chi connectivity index (χ0v) is 8.77. The van der Waals surface area contributed by atoms with Crippen molar-refractivity contribution >= 4 is 23.4 Å². The second kappa shape index (κ2) is 3.44. The molecule has 0 radical (unpaired) electrons. The molecule has 0 bridgehead atoms. The number of aromatic nitrogens is 4. The molecular weight excluding hydrogens is 171 g/mol. The van der Waals surface area contributed by atoms with Crippen LogP contribution in [0.1, 0.15) is 1.43 Å². The summed E-state index contributed by atoms with van der Waals surface area (Å²) < 4.78 is 0.579. The summed E-state index contributed by atoms with van der Waals surface area (Å²) in [5, 5.41) is 0. The molecule has 0 amide bonds. The van der Waals surface area contributed by atoms with Gasteiger partial charge in [0.25, 0.3) is 0 Å². The molecule has 4 nitrogen and oxygen atoms in total. The monoisotopic (exact) mass is 176 g/mol. The minimum Gasteiger partial charge on any atom is -1.00 e. The average Bonchev–Trinajstić information content (AvgIpc) is 2.27. The summed E-state index contributed by atoms with van der Waals surface area (Å²) in [7, 11) is 0. The standard InChI is InChI=1S/C5H4N4S.Na.H/c10-5-8-3-1-6-2-7-4(3)9-5;;/h1-2H,(H2,6,7,8,9,10);;/q;+1;-1. The molecule has 2 rings (SSSR count). The molecule has 0 spiro atoms. The van der Waals surface area contributed by atoms with Gasteiger partial charge in [-0.25, -0.2) is 9.97 Å². The van der Waals surface area contributed by atoms with Gasteiger partial charge in [-0.3, -0.25) is 0 Å². The van der Waals surface area contributed by atoms with Crippen molar-refractivity contribution in [3.05, 3.63) is 17.3 Å². The number of hydrogen-bond acceptors (Lipinski definition) is 3. The summed E-state index contributed by atoms with van der Waals surface area (Å²) in [6, 6.07) is 0. The fourth-order valence-corrected chi connectivity index (χ4v) is 0.988. The molecule has 6 heteroatoms. The summed E-state index contributed by atoms with van der Waals surface area (Å²) in [5.74, 6) is 0. The van der Waals surface area contributed by atoms with Gasteiger partial charge in [-0.2, -0.15) is 0 Å². The summed E-state index contributed by atoms with van der Waals surface area (Å²) in [6.07, 6.45) is 3.15. The Kier molecular flexibility index (Phi) is 2.78.